The summed E-state index contributed by atoms with van der Waals surface area (Å²) in [5.74, 6) is -7.17. The lowest BCUT2D eigenvalue weighted by atomic mass is 10.0. The van der Waals surface area contributed by atoms with Gasteiger partial charge >= 0.3 is 0 Å². The van der Waals surface area contributed by atoms with Gasteiger partial charge < -0.3 is 76.1 Å². The first kappa shape index (κ1) is 58.8. The van der Waals surface area contributed by atoms with Gasteiger partial charge in [0.05, 0.1) is 23.0 Å². The quantitative estimate of drug-likeness (QED) is 0.0166. The van der Waals surface area contributed by atoms with Crippen LogP contribution in [0, 0.1) is 0 Å². The lowest BCUT2D eigenvalue weighted by Gasteiger charge is -2.27. The Balaban J connectivity index is 1.20. The molecule has 6 atom stereocenters. The summed E-state index contributed by atoms with van der Waals surface area (Å²) in [5, 5.41) is 30.9. The summed E-state index contributed by atoms with van der Waals surface area (Å²) < 4.78 is 7.64. The number of rotatable bonds is 27. The Morgan fingerprint density at radius 2 is 1.20 bits per heavy atom. The molecular formula is C52H63ClN16O10. The molecule has 0 radical (unpaired) electrons. The summed E-state index contributed by atoms with van der Waals surface area (Å²) in [6, 6.07) is 16.2. The molecule has 0 aliphatic carbocycles. The average Bonchev–Trinajstić information content (AvgIpc) is 3.88. The highest BCUT2D eigenvalue weighted by molar-refractivity contribution is 6.30. The Morgan fingerprint density at radius 1 is 0.646 bits per heavy atom. The Hall–Kier alpha value is -9.46. The van der Waals surface area contributed by atoms with E-state index in [9.17, 15) is 43.5 Å². The van der Waals surface area contributed by atoms with Crippen LogP contribution in [-0.2, 0) is 53.0 Å². The maximum Gasteiger partial charge on any atom is 0.252 e. The molecule has 0 saturated carbocycles. The number of fused-ring (bicyclic) bond motifs is 5. The van der Waals surface area contributed by atoms with Gasteiger partial charge in [0, 0.05) is 42.1 Å². The predicted octanol–water partition coefficient (Wildman–Crippen LogP) is -1.23. The number of guanidine groups is 2. The topological polar surface area (TPSA) is 437 Å². The molecule has 0 fully saturated rings. The standard InChI is InChI=1S/C52H63ClN16O10/c1-27(44(73)65-38(43(55)72)21-29-11-15-33(70)16-12-29)62-46(75)35(9-5-19-60-51(56)57)63-49(78)40(25-42(54)71)67-47(76)36(10-6-20-61-52(58)59)64-48(77)39(22-28-7-3-2-4-8-28)66-45(74)30-13-17-34-37(24-30)68-69-41-18-14-32(53)23-31(41)26-79-50(34)69/h2-4,7-8,11-18,23-24,27,35-36,38-40,70H,5-6,9-10,19-22,25-26H2,1H3,(H2,54,71)(H2,55,72)(H,62,75)(H,63,78)(H,64,77)(H,65,73)(H,66,74)(H,67,76)(H4,56,57,60)(H4,58,59,61)/t27-,35+,36+,38-,39+,40+/m0/s1. The maximum atomic E-state index is 14.5. The number of nitrogens with zero attached hydrogens (tertiary/aromatic N) is 4. The van der Waals surface area contributed by atoms with Crippen LogP contribution in [0.4, 0.5) is 0 Å². The number of hydrogen-bond acceptors (Lipinski definition) is 13. The number of carbonyl (C=O) groups is 8. The van der Waals surface area contributed by atoms with Gasteiger partial charge in [0.25, 0.3) is 5.91 Å². The highest BCUT2D eigenvalue weighted by Crippen LogP contribution is 2.35. The molecule has 2 heterocycles. The van der Waals surface area contributed by atoms with Crippen LogP contribution in [0.15, 0.2) is 101 Å². The molecule has 26 nitrogen and oxygen atoms in total. The normalized spacial score (nSPS) is 13.6. The number of phenols is 1. The molecule has 0 unspecified atom stereocenters. The number of ether oxygens (including phenoxy) is 1. The molecule has 79 heavy (non-hydrogen) atoms. The van der Waals surface area contributed by atoms with Crippen LogP contribution in [0.25, 0.3) is 16.6 Å². The number of nitrogens with two attached hydrogens (primary N) is 6. The fourth-order valence-corrected chi connectivity index (χ4v) is 8.56. The molecular weight excluding hydrogens is 1040 g/mol. The average molecular weight is 1110 g/mol. The number of nitrogens with one attached hydrogen (secondary N) is 6. The third-order valence-corrected chi connectivity index (χ3v) is 12.6. The van der Waals surface area contributed by atoms with E-state index in [-0.39, 0.29) is 81.5 Å². The van der Waals surface area contributed by atoms with Crippen LogP contribution in [0.2, 0.25) is 5.02 Å². The summed E-state index contributed by atoms with van der Waals surface area (Å²) in [6.45, 7) is 1.58. The maximum absolute atomic E-state index is 14.5. The summed E-state index contributed by atoms with van der Waals surface area (Å²) in [5.41, 5.74) is 36.5. The zero-order chi connectivity index (χ0) is 57.3. The first-order valence-corrected chi connectivity index (χ1v) is 25.3. The molecule has 27 heteroatoms. The molecule has 0 spiro atoms. The van der Waals surface area contributed by atoms with Gasteiger partial charge in [-0.1, -0.05) is 54.1 Å². The van der Waals surface area contributed by atoms with Crippen molar-refractivity contribution in [3.63, 3.8) is 0 Å². The van der Waals surface area contributed by atoms with Crippen molar-refractivity contribution in [2.24, 2.45) is 44.4 Å². The van der Waals surface area contributed by atoms with Gasteiger partial charge in [-0.2, -0.15) is 9.78 Å². The molecule has 5 aromatic rings. The van der Waals surface area contributed by atoms with Gasteiger partial charge in [0.15, 0.2) is 11.9 Å². The van der Waals surface area contributed by atoms with E-state index >= 15 is 0 Å². The van der Waals surface area contributed by atoms with Crippen molar-refractivity contribution >= 4 is 81.7 Å². The van der Waals surface area contributed by atoms with Gasteiger partial charge in [-0.05, 0) is 92.3 Å². The van der Waals surface area contributed by atoms with Crippen molar-refractivity contribution in [2.75, 3.05) is 13.1 Å². The smallest absolute Gasteiger partial charge is 0.252 e. The Bertz CT molecular complexity index is 3110. The minimum absolute atomic E-state index is 0.00662. The number of amides is 8. The first-order chi connectivity index (χ1) is 37.6. The lowest BCUT2D eigenvalue weighted by molar-refractivity contribution is -0.136. The minimum atomic E-state index is -1.74. The minimum Gasteiger partial charge on any atom is -0.508 e. The first-order valence-electron chi connectivity index (χ1n) is 24.9. The summed E-state index contributed by atoms with van der Waals surface area (Å²) >= 11 is 6.22. The van der Waals surface area contributed by atoms with Crippen molar-refractivity contribution in [2.45, 2.75) is 94.7 Å². The van der Waals surface area contributed by atoms with Crippen LogP contribution < -0.4 is 71.0 Å². The Morgan fingerprint density at radius 3 is 1.81 bits per heavy atom. The van der Waals surface area contributed by atoms with E-state index in [1.807, 2.05) is 6.07 Å². The molecule has 0 saturated heterocycles. The van der Waals surface area contributed by atoms with Crippen LogP contribution in [0.3, 0.4) is 0 Å². The third-order valence-electron chi connectivity index (χ3n) is 12.4. The van der Waals surface area contributed by atoms with Crippen molar-refractivity contribution < 1.29 is 48.2 Å². The van der Waals surface area contributed by atoms with Crippen molar-refractivity contribution in [3.05, 3.63) is 118 Å². The van der Waals surface area contributed by atoms with Crippen molar-refractivity contribution in [1.29, 1.82) is 0 Å². The second kappa shape index (κ2) is 27.5. The van der Waals surface area contributed by atoms with Crippen LogP contribution in [0.5, 0.6) is 11.6 Å². The zero-order valence-corrected chi connectivity index (χ0v) is 43.7. The van der Waals surface area contributed by atoms with Gasteiger partial charge in [-0.3, -0.25) is 48.3 Å². The molecule has 1 aliphatic rings. The number of aliphatic imine (C=N–C) groups is 2. The van der Waals surface area contributed by atoms with E-state index in [4.69, 9.17) is 55.8 Å². The van der Waals surface area contributed by atoms with Crippen LogP contribution in [-0.4, -0.2) is 123 Å². The number of aromatic nitrogens is 2. The molecule has 0 bridgehead atoms. The molecule has 6 rings (SSSR count). The zero-order valence-electron chi connectivity index (χ0n) is 42.9. The number of phenolic OH excluding ortho intramolecular Hbond substituents is 1. The monoisotopic (exact) mass is 1110 g/mol. The SMILES string of the molecule is C[C@H](NC(=O)[C@@H](CCCN=C(N)N)NC(=O)[C@@H](CC(N)=O)NC(=O)[C@@H](CCCN=C(N)N)NC(=O)[C@@H](Cc1ccccc1)NC(=O)c1ccc2c3n(nc2c1)-c1ccc(Cl)cc1CO3)C(=O)N[C@@H](Cc1ccc(O)cc1)C(N)=O. The summed E-state index contributed by atoms with van der Waals surface area (Å²) in [6.07, 6.45) is -0.932. The van der Waals surface area contributed by atoms with E-state index in [1.54, 1.807) is 65.3 Å². The van der Waals surface area contributed by atoms with Crippen molar-refractivity contribution in [3.8, 4) is 17.3 Å². The molecule has 1 aromatic heterocycles. The molecule has 4 aromatic carbocycles. The van der Waals surface area contributed by atoms with Gasteiger partial charge in [-0.15, -0.1) is 0 Å². The number of benzene rings is 4. The lowest BCUT2D eigenvalue weighted by Crippen LogP contribution is -2.60. The van der Waals surface area contributed by atoms with E-state index in [0.717, 1.165) is 11.3 Å². The van der Waals surface area contributed by atoms with Crippen molar-refractivity contribution in [1.82, 2.24) is 41.7 Å². The fraction of sp³-hybridized carbons (Fsp3) is 0.327. The van der Waals surface area contributed by atoms with Crippen LogP contribution in [0.1, 0.15) is 66.1 Å². The number of primary amides is 2. The van der Waals surface area contributed by atoms with Gasteiger partial charge in [0.1, 0.15) is 48.6 Å². The number of aromatic hydroxyl groups is 1. The number of carbonyl (C=O) groups excluding carboxylic acids is 8. The Labute approximate surface area is 457 Å². The summed E-state index contributed by atoms with van der Waals surface area (Å²) in [4.78, 5) is 117. The highest BCUT2D eigenvalue weighted by atomic mass is 35.5. The number of halogens is 1. The van der Waals surface area contributed by atoms with E-state index in [2.05, 4.69) is 41.9 Å². The van der Waals surface area contributed by atoms with Crippen LogP contribution >= 0.6 is 11.6 Å². The summed E-state index contributed by atoms with van der Waals surface area (Å²) in [7, 11) is 0. The molecule has 1 aliphatic heterocycles. The van der Waals surface area contributed by atoms with Gasteiger partial charge in [0.2, 0.25) is 47.2 Å². The third kappa shape index (κ3) is 17.0. The van der Waals surface area contributed by atoms with E-state index < -0.39 is 89.9 Å². The fourth-order valence-electron chi connectivity index (χ4n) is 8.37. The largest absolute Gasteiger partial charge is 0.508 e. The molecule has 19 N–H and O–H groups in total. The van der Waals surface area contributed by atoms with E-state index in [1.165, 1.54) is 31.2 Å². The van der Waals surface area contributed by atoms with Gasteiger partial charge in [-0.25, -0.2) is 0 Å². The molecule has 8 amide bonds. The van der Waals surface area contributed by atoms with E-state index in [0.29, 0.717) is 32.9 Å². The number of hydrogen-bond donors (Lipinski definition) is 13. The second-order valence-electron chi connectivity index (χ2n) is 18.5. The molecule has 418 valence electrons. The second-order valence-corrected chi connectivity index (χ2v) is 19.0. The highest BCUT2D eigenvalue weighted by Gasteiger charge is 2.34. The predicted molar refractivity (Wildman–Crippen MR) is 292 cm³/mol. The Kier molecular flexibility index (Phi) is 20.5.